The van der Waals surface area contributed by atoms with Gasteiger partial charge in [-0.2, -0.15) is 0 Å². The zero-order chi connectivity index (χ0) is 25.1. The summed E-state index contributed by atoms with van der Waals surface area (Å²) < 4.78 is 28.5. The molecule has 1 fully saturated rings. The summed E-state index contributed by atoms with van der Waals surface area (Å²) >= 11 is 0. The number of benzene rings is 3. The van der Waals surface area contributed by atoms with Crippen LogP contribution in [-0.4, -0.2) is 36.2 Å². The monoisotopic (exact) mass is 500 g/mol. The van der Waals surface area contributed by atoms with Crippen molar-refractivity contribution in [2.75, 3.05) is 13.1 Å². The summed E-state index contributed by atoms with van der Waals surface area (Å²) in [6, 6.07) is 26.3. The minimum atomic E-state index is -3.91. The average molecular weight is 501 g/mol. The molecule has 0 spiro atoms. The van der Waals surface area contributed by atoms with Gasteiger partial charge in [0.25, 0.3) is 10.0 Å². The van der Waals surface area contributed by atoms with Gasteiger partial charge in [0.15, 0.2) is 5.78 Å². The molecule has 0 unspecified atom stereocenters. The normalized spacial score (nSPS) is 15.4. The van der Waals surface area contributed by atoms with Crippen LogP contribution in [0, 0.1) is 12.8 Å². The summed E-state index contributed by atoms with van der Waals surface area (Å²) in [7, 11) is -3.91. The second kappa shape index (κ2) is 10.4. The smallest absolute Gasteiger partial charge is 0.268 e. The molecule has 5 rings (SSSR count). The number of hydrogen-bond donors (Lipinski definition) is 0. The van der Waals surface area contributed by atoms with Crippen molar-refractivity contribution in [1.29, 1.82) is 0 Å². The van der Waals surface area contributed by atoms with Gasteiger partial charge < -0.3 is 0 Å². The van der Waals surface area contributed by atoms with E-state index in [0.717, 1.165) is 49.8 Å². The first-order chi connectivity index (χ1) is 17.4. The molecule has 0 atom stereocenters. The third-order valence-electron chi connectivity index (χ3n) is 7.22. The molecule has 5 nitrogen and oxygen atoms in total. The van der Waals surface area contributed by atoms with E-state index in [4.69, 9.17) is 0 Å². The van der Waals surface area contributed by atoms with Crippen molar-refractivity contribution in [3.05, 3.63) is 102 Å². The number of Topliss-reactive ketones (excluding diaryl/α,β-unsaturated/α-hetero) is 1. The molecule has 1 aromatic heterocycles. The predicted molar refractivity (Wildman–Crippen MR) is 144 cm³/mol. The molecule has 2 heterocycles. The maximum Gasteiger partial charge on any atom is 0.268 e. The quantitative estimate of drug-likeness (QED) is 0.276. The Morgan fingerprint density at radius 3 is 2.25 bits per heavy atom. The highest BCUT2D eigenvalue weighted by molar-refractivity contribution is 7.90. The predicted octanol–water partition coefficient (Wildman–Crippen LogP) is 6.06. The molecule has 0 saturated carbocycles. The van der Waals surface area contributed by atoms with Crippen LogP contribution in [0.3, 0.4) is 0 Å². The summed E-state index contributed by atoms with van der Waals surface area (Å²) in [5.74, 6) is 0.363. The Labute approximate surface area is 213 Å². The number of piperidine rings is 1. The van der Waals surface area contributed by atoms with Crippen LogP contribution in [-0.2, 0) is 16.6 Å². The maximum absolute atomic E-state index is 13.6. The van der Waals surface area contributed by atoms with Gasteiger partial charge in [0, 0.05) is 18.4 Å². The van der Waals surface area contributed by atoms with E-state index in [2.05, 4.69) is 29.2 Å². The standard InChI is InChI=1S/C30H32N2O3S/c1-23-12-14-26-21-29(32(28(26)20-23)36(34,35)27-10-6-3-7-11-27)30(33)15-13-24-16-18-31(19-17-24)22-25-8-4-2-5-9-25/h2-12,14,20-21,24H,13,15-19,22H2,1H3. The highest BCUT2D eigenvalue weighted by Gasteiger charge is 2.27. The molecule has 186 valence electrons. The first-order valence-corrected chi connectivity index (χ1v) is 14.1. The van der Waals surface area contributed by atoms with Crippen LogP contribution in [0.4, 0.5) is 0 Å². The molecule has 4 aromatic rings. The number of likely N-dealkylation sites (tertiary alicyclic amines) is 1. The second-order valence-electron chi connectivity index (χ2n) is 9.84. The van der Waals surface area contributed by atoms with Gasteiger partial charge in [-0.3, -0.25) is 9.69 Å². The molecule has 1 aliphatic heterocycles. The first-order valence-electron chi connectivity index (χ1n) is 12.6. The lowest BCUT2D eigenvalue weighted by Crippen LogP contribution is -2.33. The van der Waals surface area contributed by atoms with Gasteiger partial charge in [-0.15, -0.1) is 0 Å². The van der Waals surface area contributed by atoms with Gasteiger partial charge in [0.2, 0.25) is 0 Å². The van der Waals surface area contributed by atoms with Crippen LogP contribution in [0.2, 0.25) is 0 Å². The summed E-state index contributed by atoms with van der Waals surface area (Å²) in [6.45, 7) is 4.94. The number of fused-ring (bicyclic) bond motifs is 1. The van der Waals surface area contributed by atoms with E-state index in [0.29, 0.717) is 17.9 Å². The minimum Gasteiger partial charge on any atom is -0.299 e. The third-order valence-corrected chi connectivity index (χ3v) is 8.96. The summed E-state index contributed by atoms with van der Waals surface area (Å²) in [5.41, 5.74) is 3.08. The van der Waals surface area contributed by atoms with Gasteiger partial charge in [0.05, 0.1) is 10.4 Å². The minimum absolute atomic E-state index is 0.116. The molecule has 6 heteroatoms. The van der Waals surface area contributed by atoms with E-state index in [1.165, 1.54) is 9.54 Å². The Balaban J connectivity index is 1.31. The van der Waals surface area contributed by atoms with E-state index in [-0.39, 0.29) is 16.4 Å². The number of carbonyl (C=O) groups excluding carboxylic acids is 1. The van der Waals surface area contributed by atoms with Crippen molar-refractivity contribution in [1.82, 2.24) is 8.87 Å². The SMILES string of the molecule is Cc1ccc2cc(C(=O)CCC3CCN(Cc4ccccc4)CC3)n(S(=O)(=O)c3ccccc3)c2c1. The van der Waals surface area contributed by atoms with Crippen molar-refractivity contribution >= 4 is 26.7 Å². The van der Waals surface area contributed by atoms with Crippen molar-refractivity contribution in [2.24, 2.45) is 5.92 Å². The summed E-state index contributed by atoms with van der Waals surface area (Å²) in [5, 5.41) is 0.762. The molecule has 0 aliphatic carbocycles. The zero-order valence-electron chi connectivity index (χ0n) is 20.6. The highest BCUT2D eigenvalue weighted by Crippen LogP contribution is 2.29. The molecule has 0 radical (unpaired) electrons. The van der Waals surface area contributed by atoms with E-state index in [1.807, 2.05) is 31.2 Å². The maximum atomic E-state index is 13.6. The van der Waals surface area contributed by atoms with Crippen molar-refractivity contribution in [3.63, 3.8) is 0 Å². The largest absolute Gasteiger partial charge is 0.299 e. The van der Waals surface area contributed by atoms with Crippen LogP contribution in [0.25, 0.3) is 10.9 Å². The second-order valence-corrected chi connectivity index (χ2v) is 11.6. The molecular weight excluding hydrogens is 468 g/mol. The summed E-state index contributed by atoms with van der Waals surface area (Å²) in [4.78, 5) is 16.1. The molecule has 36 heavy (non-hydrogen) atoms. The van der Waals surface area contributed by atoms with Gasteiger partial charge in [0.1, 0.15) is 5.69 Å². The van der Waals surface area contributed by atoms with Crippen LogP contribution >= 0.6 is 0 Å². The fraction of sp³-hybridized carbons (Fsp3) is 0.300. The molecule has 1 aliphatic rings. The Hall–Kier alpha value is -3.22. The van der Waals surface area contributed by atoms with Gasteiger partial charge in [-0.05, 0) is 80.6 Å². The zero-order valence-corrected chi connectivity index (χ0v) is 21.5. The highest BCUT2D eigenvalue weighted by atomic mass is 32.2. The van der Waals surface area contributed by atoms with E-state index < -0.39 is 10.0 Å². The number of aryl methyl sites for hydroxylation is 1. The Kier molecular flexibility index (Phi) is 7.08. The van der Waals surface area contributed by atoms with Crippen molar-refractivity contribution in [3.8, 4) is 0 Å². The Morgan fingerprint density at radius 1 is 0.889 bits per heavy atom. The number of aromatic nitrogens is 1. The molecule has 0 N–H and O–H groups in total. The number of rotatable bonds is 8. The van der Waals surface area contributed by atoms with E-state index >= 15 is 0 Å². The number of hydrogen-bond acceptors (Lipinski definition) is 4. The molecule has 0 bridgehead atoms. The topological polar surface area (TPSA) is 59.4 Å². The van der Waals surface area contributed by atoms with E-state index in [1.54, 1.807) is 36.4 Å². The van der Waals surface area contributed by atoms with Crippen LogP contribution in [0.5, 0.6) is 0 Å². The van der Waals surface area contributed by atoms with Gasteiger partial charge >= 0.3 is 0 Å². The fourth-order valence-electron chi connectivity index (χ4n) is 5.18. The Bertz CT molecular complexity index is 1450. The molecule has 1 saturated heterocycles. The van der Waals surface area contributed by atoms with Crippen LogP contribution in [0.1, 0.15) is 47.3 Å². The fourth-order valence-corrected chi connectivity index (χ4v) is 6.72. The lowest BCUT2D eigenvalue weighted by Gasteiger charge is -2.32. The number of carbonyl (C=O) groups is 1. The number of nitrogens with zero attached hydrogens (tertiary/aromatic N) is 2. The van der Waals surface area contributed by atoms with Crippen LogP contribution in [0.15, 0.2) is 89.8 Å². The third kappa shape index (κ3) is 5.15. The van der Waals surface area contributed by atoms with Gasteiger partial charge in [-0.1, -0.05) is 60.7 Å². The molecular formula is C30H32N2O3S. The lowest BCUT2D eigenvalue weighted by atomic mass is 9.91. The molecule has 0 amide bonds. The van der Waals surface area contributed by atoms with Crippen molar-refractivity contribution in [2.45, 2.75) is 44.0 Å². The lowest BCUT2D eigenvalue weighted by molar-refractivity contribution is 0.0956. The Morgan fingerprint density at radius 2 is 1.56 bits per heavy atom. The average Bonchev–Trinajstić information content (AvgIpc) is 3.29. The van der Waals surface area contributed by atoms with Gasteiger partial charge in [-0.25, -0.2) is 12.4 Å². The summed E-state index contributed by atoms with van der Waals surface area (Å²) in [6.07, 6.45) is 3.25. The van der Waals surface area contributed by atoms with Crippen molar-refractivity contribution < 1.29 is 13.2 Å². The van der Waals surface area contributed by atoms with E-state index in [9.17, 15) is 13.2 Å². The van der Waals surface area contributed by atoms with Crippen LogP contribution < -0.4 is 0 Å². The first kappa shape index (κ1) is 24.5. The molecule has 3 aromatic carbocycles. The number of ketones is 1.